The minimum Gasteiger partial charge on any atom is -0.396 e. The fourth-order valence-corrected chi connectivity index (χ4v) is 4.74. The molecule has 2 fully saturated rings. The van der Waals surface area contributed by atoms with E-state index in [1.165, 1.54) is 6.07 Å². The molecule has 1 aliphatic carbocycles. The van der Waals surface area contributed by atoms with Crippen LogP contribution in [0, 0.1) is 11.8 Å². The second-order valence-electron chi connectivity index (χ2n) is 7.59. The SMILES string of the molecule is CCC(=O)N1[C@H](C(=O)NC2CCC2)[C@@H](CO)[C@@H]2Cn3c(cccc3=O)[C@@H]21. The number of hydrogen-bond acceptors (Lipinski definition) is 4. The quantitative estimate of drug-likeness (QED) is 0.815. The normalized spacial score (nSPS) is 29.8. The van der Waals surface area contributed by atoms with E-state index in [0.717, 1.165) is 25.0 Å². The zero-order chi connectivity index (χ0) is 18.4. The Bertz CT molecular complexity index is 785. The number of aliphatic hydroxyl groups excluding tert-OH is 1. The van der Waals surface area contributed by atoms with Crippen molar-refractivity contribution >= 4 is 11.8 Å². The van der Waals surface area contributed by atoms with Gasteiger partial charge >= 0.3 is 0 Å². The zero-order valence-electron chi connectivity index (χ0n) is 14.9. The highest BCUT2D eigenvalue weighted by molar-refractivity contribution is 5.89. The first-order valence-electron chi connectivity index (χ1n) is 9.49. The second-order valence-corrected chi connectivity index (χ2v) is 7.59. The van der Waals surface area contributed by atoms with Gasteiger partial charge in [0.1, 0.15) is 6.04 Å². The maximum atomic E-state index is 13.0. The van der Waals surface area contributed by atoms with Gasteiger partial charge < -0.3 is 19.9 Å². The molecule has 1 aromatic heterocycles. The number of carbonyl (C=O) groups excluding carboxylic acids is 2. The van der Waals surface area contributed by atoms with Crippen LogP contribution in [0.1, 0.15) is 44.3 Å². The Morgan fingerprint density at radius 2 is 2.08 bits per heavy atom. The number of aromatic nitrogens is 1. The van der Waals surface area contributed by atoms with Crippen LogP contribution in [0.25, 0.3) is 0 Å². The van der Waals surface area contributed by atoms with E-state index in [-0.39, 0.29) is 54.3 Å². The van der Waals surface area contributed by atoms with Crippen molar-refractivity contribution in [2.75, 3.05) is 6.61 Å². The average molecular weight is 359 g/mol. The number of aliphatic hydroxyl groups is 1. The summed E-state index contributed by atoms with van der Waals surface area (Å²) in [5, 5.41) is 13.1. The van der Waals surface area contributed by atoms with Crippen molar-refractivity contribution in [3.63, 3.8) is 0 Å². The van der Waals surface area contributed by atoms with Crippen molar-refractivity contribution in [1.29, 1.82) is 0 Å². The molecule has 2 N–H and O–H groups in total. The molecule has 3 heterocycles. The van der Waals surface area contributed by atoms with E-state index in [4.69, 9.17) is 0 Å². The number of rotatable bonds is 4. The highest BCUT2D eigenvalue weighted by Gasteiger charge is 2.57. The number of pyridine rings is 1. The smallest absolute Gasteiger partial charge is 0.250 e. The molecule has 0 aromatic carbocycles. The molecule has 3 aliphatic rings. The molecule has 1 aromatic rings. The van der Waals surface area contributed by atoms with Gasteiger partial charge in [-0.05, 0) is 25.3 Å². The summed E-state index contributed by atoms with van der Waals surface area (Å²) in [7, 11) is 0. The minimum absolute atomic E-state index is 0.104. The summed E-state index contributed by atoms with van der Waals surface area (Å²) in [5.74, 6) is -0.776. The third-order valence-corrected chi connectivity index (χ3v) is 6.26. The molecule has 0 radical (unpaired) electrons. The Hall–Kier alpha value is -2.15. The Labute approximate surface area is 152 Å². The lowest BCUT2D eigenvalue weighted by Gasteiger charge is -2.34. The zero-order valence-corrected chi connectivity index (χ0v) is 14.9. The van der Waals surface area contributed by atoms with Gasteiger partial charge in [-0.1, -0.05) is 13.0 Å². The van der Waals surface area contributed by atoms with E-state index >= 15 is 0 Å². The van der Waals surface area contributed by atoms with Gasteiger partial charge in [-0.3, -0.25) is 14.4 Å². The predicted octanol–water partition coefficient (Wildman–Crippen LogP) is 0.417. The van der Waals surface area contributed by atoms with Crippen LogP contribution in [0.2, 0.25) is 0 Å². The van der Waals surface area contributed by atoms with Gasteiger partial charge in [0.2, 0.25) is 11.8 Å². The number of fused-ring (bicyclic) bond motifs is 3. The number of likely N-dealkylation sites (tertiary alicyclic amines) is 1. The lowest BCUT2D eigenvalue weighted by atomic mass is 9.87. The van der Waals surface area contributed by atoms with Crippen molar-refractivity contribution in [3.8, 4) is 0 Å². The molecule has 4 rings (SSSR count). The third kappa shape index (κ3) is 2.48. The van der Waals surface area contributed by atoms with Crippen LogP contribution in [0.3, 0.4) is 0 Å². The summed E-state index contributed by atoms with van der Waals surface area (Å²) in [4.78, 5) is 39.6. The number of nitrogens with zero attached hydrogens (tertiary/aromatic N) is 2. The molecule has 0 unspecified atom stereocenters. The molecule has 2 amide bonds. The summed E-state index contributed by atoms with van der Waals surface area (Å²) < 4.78 is 1.67. The topological polar surface area (TPSA) is 91.6 Å². The van der Waals surface area contributed by atoms with Gasteiger partial charge in [0.05, 0.1) is 6.04 Å². The number of carbonyl (C=O) groups is 2. The average Bonchev–Trinajstić information content (AvgIpc) is 3.12. The monoisotopic (exact) mass is 359 g/mol. The van der Waals surface area contributed by atoms with Gasteiger partial charge in [-0.15, -0.1) is 0 Å². The number of nitrogens with one attached hydrogen (secondary N) is 1. The molecule has 140 valence electrons. The molecule has 1 saturated heterocycles. The summed E-state index contributed by atoms with van der Waals surface area (Å²) in [5.41, 5.74) is 0.662. The second kappa shape index (κ2) is 6.54. The van der Waals surface area contributed by atoms with Crippen molar-refractivity contribution in [2.24, 2.45) is 11.8 Å². The van der Waals surface area contributed by atoms with E-state index in [1.54, 1.807) is 22.5 Å². The Morgan fingerprint density at radius 3 is 2.69 bits per heavy atom. The van der Waals surface area contributed by atoms with Crippen LogP contribution in [-0.4, -0.2) is 45.1 Å². The molecule has 0 spiro atoms. The molecule has 1 saturated carbocycles. The van der Waals surface area contributed by atoms with Gasteiger partial charge in [0.15, 0.2) is 0 Å². The van der Waals surface area contributed by atoms with Crippen LogP contribution < -0.4 is 10.9 Å². The number of hydrogen-bond donors (Lipinski definition) is 2. The van der Waals surface area contributed by atoms with E-state index in [9.17, 15) is 19.5 Å². The van der Waals surface area contributed by atoms with Crippen molar-refractivity contribution in [2.45, 2.75) is 57.3 Å². The Kier molecular flexibility index (Phi) is 4.34. The van der Waals surface area contributed by atoms with Gasteiger partial charge in [0, 0.05) is 49.2 Å². The fraction of sp³-hybridized carbons (Fsp3) is 0.632. The highest BCUT2D eigenvalue weighted by atomic mass is 16.3. The standard InChI is InChI=1S/C19H25N3O4/c1-2-15(24)22-17-12(9-21-14(17)7-4-8-16(21)25)13(10-23)18(22)19(26)20-11-5-3-6-11/h4,7-8,11-13,17-18,23H,2-3,5-6,9-10H2,1H3,(H,20,26)/t12-,13-,17+,18-/m0/s1. The van der Waals surface area contributed by atoms with E-state index < -0.39 is 6.04 Å². The third-order valence-electron chi connectivity index (χ3n) is 6.26. The van der Waals surface area contributed by atoms with Crippen LogP contribution in [0.15, 0.2) is 23.0 Å². The summed E-state index contributed by atoms with van der Waals surface area (Å²) in [6.45, 7) is 2.03. The fourth-order valence-electron chi connectivity index (χ4n) is 4.74. The molecule has 7 heteroatoms. The van der Waals surface area contributed by atoms with Crippen molar-refractivity contribution in [1.82, 2.24) is 14.8 Å². The highest BCUT2D eigenvalue weighted by Crippen LogP contribution is 2.49. The van der Waals surface area contributed by atoms with Gasteiger partial charge in [0.25, 0.3) is 5.56 Å². The summed E-state index contributed by atoms with van der Waals surface area (Å²) >= 11 is 0. The Balaban J connectivity index is 1.73. The van der Waals surface area contributed by atoms with Gasteiger partial charge in [-0.2, -0.15) is 0 Å². The largest absolute Gasteiger partial charge is 0.396 e. The molecular formula is C19H25N3O4. The number of amides is 2. The first kappa shape index (κ1) is 17.3. The molecule has 7 nitrogen and oxygen atoms in total. The van der Waals surface area contributed by atoms with Crippen LogP contribution in [-0.2, 0) is 16.1 Å². The van der Waals surface area contributed by atoms with E-state index in [2.05, 4.69) is 5.32 Å². The first-order chi connectivity index (χ1) is 12.6. The summed E-state index contributed by atoms with van der Waals surface area (Å²) in [6.07, 6.45) is 3.33. The summed E-state index contributed by atoms with van der Waals surface area (Å²) in [6, 6.07) is 4.22. The van der Waals surface area contributed by atoms with Crippen molar-refractivity contribution < 1.29 is 14.7 Å². The Morgan fingerprint density at radius 1 is 1.31 bits per heavy atom. The maximum Gasteiger partial charge on any atom is 0.250 e. The maximum absolute atomic E-state index is 13.0. The molecule has 4 atom stereocenters. The lowest BCUT2D eigenvalue weighted by Crippen LogP contribution is -2.53. The van der Waals surface area contributed by atoms with Crippen LogP contribution in [0.4, 0.5) is 0 Å². The molecular weight excluding hydrogens is 334 g/mol. The predicted molar refractivity (Wildman–Crippen MR) is 94.2 cm³/mol. The first-order valence-corrected chi connectivity index (χ1v) is 9.49. The lowest BCUT2D eigenvalue weighted by molar-refractivity contribution is -0.142. The van der Waals surface area contributed by atoms with Crippen LogP contribution in [0.5, 0.6) is 0 Å². The van der Waals surface area contributed by atoms with Crippen LogP contribution >= 0.6 is 0 Å². The molecule has 0 bridgehead atoms. The van der Waals surface area contributed by atoms with Gasteiger partial charge in [-0.25, -0.2) is 0 Å². The minimum atomic E-state index is -0.674. The molecule has 26 heavy (non-hydrogen) atoms. The van der Waals surface area contributed by atoms with E-state index in [0.29, 0.717) is 6.54 Å². The van der Waals surface area contributed by atoms with E-state index in [1.807, 2.05) is 6.07 Å². The molecule has 2 aliphatic heterocycles. The van der Waals surface area contributed by atoms with Crippen molar-refractivity contribution in [3.05, 3.63) is 34.2 Å².